The van der Waals surface area contributed by atoms with Crippen molar-refractivity contribution in [3.8, 4) is 11.3 Å². The molecule has 3 rings (SSSR count). The number of nitrogens with two attached hydrogens (primary N) is 1. The monoisotopic (exact) mass is 243 g/mol. The molecule has 0 aliphatic rings. The molecule has 0 amide bonds. The minimum atomic E-state index is 0.706. The molecule has 17 heavy (non-hydrogen) atoms. The highest BCUT2D eigenvalue weighted by Crippen LogP contribution is 2.25. The van der Waals surface area contributed by atoms with E-state index in [-0.39, 0.29) is 0 Å². The summed E-state index contributed by atoms with van der Waals surface area (Å²) < 4.78 is 1.91. The number of aromatic nitrogens is 2. The van der Waals surface area contributed by atoms with Crippen LogP contribution in [0.15, 0.2) is 48.8 Å². The van der Waals surface area contributed by atoms with E-state index in [2.05, 4.69) is 4.98 Å². The van der Waals surface area contributed by atoms with Gasteiger partial charge in [-0.25, -0.2) is 0 Å². The first-order valence-electron chi connectivity index (χ1n) is 5.23. The molecule has 3 nitrogen and oxygen atoms in total. The number of benzene rings is 1. The predicted octanol–water partition coefficient (Wildman–Crippen LogP) is 3.24. The Hall–Kier alpha value is -2.00. The topological polar surface area (TPSA) is 43.3 Å². The molecule has 0 unspecified atom stereocenters. The molecule has 4 heteroatoms. The second-order valence-electron chi connectivity index (χ2n) is 3.80. The molecule has 3 aromatic rings. The molecule has 0 atom stereocenters. The second-order valence-corrected chi connectivity index (χ2v) is 4.23. The maximum absolute atomic E-state index is 5.88. The van der Waals surface area contributed by atoms with E-state index in [1.165, 1.54) is 0 Å². The van der Waals surface area contributed by atoms with Gasteiger partial charge in [-0.05, 0) is 24.3 Å². The van der Waals surface area contributed by atoms with Gasteiger partial charge in [0.25, 0.3) is 0 Å². The zero-order chi connectivity index (χ0) is 11.8. The minimum Gasteiger partial charge on any atom is -0.385 e. The van der Waals surface area contributed by atoms with Gasteiger partial charge in [0, 0.05) is 23.0 Å². The number of hydrogen-bond donors (Lipinski definition) is 1. The molecule has 0 radical (unpaired) electrons. The lowest BCUT2D eigenvalue weighted by Crippen LogP contribution is -1.94. The molecule has 0 aliphatic heterocycles. The molecule has 2 N–H and O–H groups in total. The van der Waals surface area contributed by atoms with E-state index in [1.807, 2.05) is 47.0 Å². The lowest BCUT2D eigenvalue weighted by atomic mass is 10.1. The average Bonchev–Trinajstić information content (AvgIpc) is 2.73. The average molecular weight is 244 g/mol. The first-order chi connectivity index (χ1) is 8.25. The quantitative estimate of drug-likeness (QED) is 0.713. The van der Waals surface area contributed by atoms with Gasteiger partial charge in [0.1, 0.15) is 5.82 Å². The van der Waals surface area contributed by atoms with Crippen LogP contribution >= 0.6 is 11.6 Å². The zero-order valence-electron chi connectivity index (χ0n) is 8.97. The normalized spacial score (nSPS) is 10.9. The molecule has 2 heterocycles. The van der Waals surface area contributed by atoms with Gasteiger partial charge in [-0.2, -0.15) is 0 Å². The van der Waals surface area contributed by atoms with Crippen LogP contribution in [0.3, 0.4) is 0 Å². The maximum atomic E-state index is 5.88. The Bertz CT molecular complexity index is 671. The Morgan fingerprint density at radius 3 is 2.59 bits per heavy atom. The summed E-state index contributed by atoms with van der Waals surface area (Å²) in [4.78, 5) is 4.40. The fraction of sp³-hybridized carbons (Fsp3) is 0. The van der Waals surface area contributed by atoms with Crippen molar-refractivity contribution >= 4 is 22.9 Å². The van der Waals surface area contributed by atoms with Crippen LogP contribution in [0, 0.1) is 0 Å². The van der Waals surface area contributed by atoms with Crippen molar-refractivity contribution in [2.24, 2.45) is 0 Å². The third kappa shape index (κ3) is 1.65. The largest absolute Gasteiger partial charge is 0.385 e. The van der Waals surface area contributed by atoms with E-state index >= 15 is 0 Å². The molecule has 0 spiro atoms. The number of hydrogen-bond acceptors (Lipinski definition) is 2. The van der Waals surface area contributed by atoms with Crippen molar-refractivity contribution in [2.75, 3.05) is 5.73 Å². The highest BCUT2D eigenvalue weighted by atomic mass is 35.5. The Morgan fingerprint density at radius 2 is 1.82 bits per heavy atom. The van der Waals surface area contributed by atoms with Crippen LogP contribution in [0.25, 0.3) is 16.8 Å². The first-order valence-corrected chi connectivity index (χ1v) is 5.61. The number of nitrogens with zero attached hydrogens (tertiary/aromatic N) is 2. The molecular weight excluding hydrogens is 234 g/mol. The van der Waals surface area contributed by atoms with Crippen LogP contribution in [0.5, 0.6) is 0 Å². The van der Waals surface area contributed by atoms with Crippen molar-refractivity contribution in [3.63, 3.8) is 0 Å². The van der Waals surface area contributed by atoms with Crippen LogP contribution in [0.1, 0.15) is 0 Å². The fourth-order valence-corrected chi connectivity index (χ4v) is 2.02. The summed E-state index contributed by atoms with van der Waals surface area (Å²) >= 11 is 5.88. The lowest BCUT2D eigenvalue weighted by molar-refractivity contribution is 1.15. The molecule has 0 saturated carbocycles. The fourth-order valence-electron chi connectivity index (χ4n) is 1.89. The van der Waals surface area contributed by atoms with Crippen LogP contribution in [-0.4, -0.2) is 9.38 Å². The SMILES string of the molecule is Nc1ccc2c(-c3ccc(Cl)cc3)nccn12. The molecule has 2 aromatic heterocycles. The van der Waals surface area contributed by atoms with Gasteiger partial charge in [-0.15, -0.1) is 0 Å². The van der Waals surface area contributed by atoms with Gasteiger partial charge >= 0.3 is 0 Å². The van der Waals surface area contributed by atoms with Crippen molar-refractivity contribution in [2.45, 2.75) is 0 Å². The predicted molar refractivity (Wildman–Crippen MR) is 70.1 cm³/mol. The first kappa shape index (κ1) is 10.2. The van der Waals surface area contributed by atoms with Crippen LogP contribution in [0.4, 0.5) is 5.82 Å². The summed E-state index contributed by atoms with van der Waals surface area (Å²) in [6.07, 6.45) is 3.59. The van der Waals surface area contributed by atoms with Crippen molar-refractivity contribution in [1.29, 1.82) is 0 Å². The lowest BCUT2D eigenvalue weighted by Gasteiger charge is -2.04. The van der Waals surface area contributed by atoms with E-state index < -0.39 is 0 Å². The van der Waals surface area contributed by atoms with Gasteiger partial charge < -0.3 is 10.1 Å². The standard InChI is InChI=1S/C13H10ClN3/c14-10-3-1-9(2-4-10)13-11-5-6-12(15)17(11)8-7-16-13/h1-8H,15H2. The molecule has 0 aliphatic carbocycles. The highest BCUT2D eigenvalue weighted by Gasteiger charge is 2.06. The Labute approximate surface area is 103 Å². The second kappa shape index (κ2) is 3.79. The van der Waals surface area contributed by atoms with Crippen LogP contribution in [-0.2, 0) is 0 Å². The Morgan fingerprint density at radius 1 is 1.06 bits per heavy atom. The number of rotatable bonds is 1. The number of nitrogen functional groups attached to an aromatic ring is 1. The van der Waals surface area contributed by atoms with E-state index in [1.54, 1.807) is 6.20 Å². The number of halogens is 1. The van der Waals surface area contributed by atoms with Gasteiger partial charge in [0.05, 0.1) is 11.2 Å². The van der Waals surface area contributed by atoms with E-state index in [0.29, 0.717) is 5.82 Å². The van der Waals surface area contributed by atoms with E-state index in [9.17, 15) is 0 Å². The van der Waals surface area contributed by atoms with Gasteiger partial charge in [0.15, 0.2) is 0 Å². The van der Waals surface area contributed by atoms with Crippen molar-refractivity contribution in [3.05, 3.63) is 53.8 Å². The Balaban J connectivity index is 2.26. The van der Waals surface area contributed by atoms with Gasteiger partial charge in [-0.1, -0.05) is 23.7 Å². The molecule has 0 bridgehead atoms. The Kier molecular flexibility index (Phi) is 2.27. The van der Waals surface area contributed by atoms with Crippen LogP contribution in [0.2, 0.25) is 5.02 Å². The summed E-state index contributed by atoms with van der Waals surface area (Å²) in [7, 11) is 0. The molecule has 0 saturated heterocycles. The molecule has 0 fully saturated rings. The smallest absolute Gasteiger partial charge is 0.107 e. The molecular formula is C13H10ClN3. The van der Waals surface area contributed by atoms with Gasteiger partial charge in [-0.3, -0.25) is 4.98 Å². The zero-order valence-corrected chi connectivity index (χ0v) is 9.72. The van der Waals surface area contributed by atoms with E-state index in [4.69, 9.17) is 17.3 Å². The molecule has 84 valence electrons. The van der Waals surface area contributed by atoms with Gasteiger partial charge in [0.2, 0.25) is 0 Å². The third-order valence-corrected chi connectivity index (χ3v) is 2.98. The van der Waals surface area contributed by atoms with Crippen LogP contribution < -0.4 is 5.73 Å². The summed E-state index contributed by atoms with van der Waals surface area (Å²) in [5, 5.41) is 0.718. The highest BCUT2D eigenvalue weighted by molar-refractivity contribution is 6.30. The molecule has 1 aromatic carbocycles. The van der Waals surface area contributed by atoms with E-state index in [0.717, 1.165) is 21.8 Å². The van der Waals surface area contributed by atoms with Crippen molar-refractivity contribution in [1.82, 2.24) is 9.38 Å². The summed E-state index contributed by atoms with van der Waals surface area (Å²) in [5.74, 6) is 0.706. The summed E-state index contributed by atoms with van der Waals surface area (Å²) in [6.45, 7) is 0. The van der Waals surface area contributed by atoms with Crippen molar-refractivity contribution < 1.29 is 0 Å². The minimum absolute atomic E-state index is 0.706. The summed E-state index contributed by atoms with van der Waals surface area (Å²) in [5.41, 5.74) is 8.78. The maximum Gasteiger partial charge on any atom is 0.107 e. The third-order valence-electron chi connectivity index (χ3n) is 2.73. The number of fused-ring (bicyclic) bond motifs is 1. The number of anilines is 1. The summed E-state index contributed by atoms with van der Waals surface area (Å²) in [6, 6.07) is 11.5.